The van der Waals surface area contributed by atoms with Gasteiger partial charge < -0.3 is 14.7 Å². The van der Waals surface area contributed by atoms with Crippen LogP contribution in [0.4, 0.5) is 0 Å². The second-order valence-corrected chi connectivity index (χ2v) is 10.4. The van der Waals surface area contributed by atoms with Crippen LogP contribution in [0.3, 0.4) is 0 Å². The maximum Gasteiger partial charge on any atom is 0.231 e. The minimum atomic E-state index is -0.645. The lowest BCUT2D eigenvalue weighted by molar-refractivity contribution is -0.176. The summed E-state index contributed by atoms with van der Waals surface area (Å²) < 4.78 is 6.44. The van der Waals surface area contributed by atoms with Crippen LogP contribution >= 0.6 is 11.8 Å². The van der Waals surface area contributed by atoms with Crippen molar-refractivity contribution in [1.29, 1.82) is 0 Å². The largest absolute Gasteiger partial charge is 0.394 e. The first-order valence-corrected chi connectivity index (χ1v) is 12.3. The number of thioether (sulfide) groups is 1. The molecule has 0 saturated carbocycles. The molecule has 2 fully saturated rings. The molecular formula is C26H33NO3S. The molecule has 1 N–H and O–H groups in total. The highest BCUT2D eigenvalue weighted by molar-refractivity contribution is 7.99. The van der Waals surface area contributed by atoms with Gasteiger partial charge in [-0.15, -0.1) is 11.8 Å². The lowest BCUT2D eigenvalue weighted by Gasteiger charge is -2.47. The van der Waals surface area contributed by atoms with Crippen LogP contribution in [0.1, 0.15) is 57.6 Å². The van der Waals surface area contributed by atoms with Gasteiger partial charge in [-0.25, -0.2) is 0 Å². The van der Waals surface area contributed by atoms with Crippen molar-refractivity contribution in [2.24, 2.45) is 5.41 Å². The summed E-state index contributed by atoms with van der Waals surface area (Å²) in [5, 5.41) is 10.2. The van der Waals surface area contributed by atoms with Crippen molar-refractivity contribution in [2.45, 2.75) is 68.7 Å². The van der Waals surface area contributed by atoms with Gasteiger partial charge in [0.2, 0.25) is 5.91 Å². The number of aliphatic hydroxyl groups excluding tert-OH is 1. The number of unbranched alkanes of at least 4 members (excludes halogenated alkanes) is 1. The predicted molar refractivity (Wildman–Crippen MR) is 125 cm³/mol. The van der Waals surface area contributed by atoms with E-state index in [-0.39, 0.29) is 30.1 Å². The lowest BCUT2D eigenvalue weighted by Crippen LogP contribution is -2.59. The Morgan fingerprint density at radius 2 is 1.71 bits per heavy atom. The van der Waals surface area contributed by atoms with Crippen molar-refractivity contribution >= 4 is 17.7 Å². The van der Waals surface area contributed by atoms with Gasteiger partial charge in [0.15, 0.2) is 0 Å². The van der Waals surface area contributed by atoms with E-state index in [1.54, 1.807) is 0 Å². The maximum absolute atomic E-state index is 13.7. The Kier molecular flexibility index (Phi) is 6.75. The lowest BCUT2D eigenvalue weighted by atomic mass is 9.74. The van der Waals surface area contributed by atoms with Crippen LogP contribution in [0.25, 0.3) is 0 Å². The number of piperidine rings is 1. The zero-order valence-corrected chi connectivity index (χ0v) is 19.3. The average Bonchev–Trinajstić information content (AvgIpc) is 3.11. The van der Waals surface area contributed by atoms with Gasteiger partial charge in [-0.3, -0.25) is 4.79 Å². The van der Waals surface area contributed by atoms with Crippen molar-refractivity contribution in [3.63, 3.8) is 0 Å². The quantitative estimate of drug-likeness (QED) is 0.440. The number of fused-ring (bicyclic) bond motifs is 1. The first kappa shape index (κ1) is 22.4. The van der Waals surface area contributed by atoms with Crippen LogP contribution in [0.2, 0.25) is 0 Å². The Balaban J connectivity index is 1.40. The molecule has 4 atom stereocenters. The number of carbonyl (C=O) groups is 1. The molecule has 0 spiro atoms. The molecular weight excluding hydrogens is 406 g/mol. The van der Waals surface area contributed by atoms with Gasteiger partial charge in [-0.1, -0.05) is 61.9 Å². The molecule has 166 valence electrons. The highest BCUT2D eigenvalue weighted by Gasteiger charge is 2.58. The third-order valence-electron chi connectivity index (χ3n) is 6.90. The fourth-order valence-corrected chi connectivity index (χ4v) is 5.95. The van der Waals surface area contributed by atoms with E-state index in [2.05, 4.69) is 31.2 Å². The number of hydrogen-bond donors (Lipinski definition) is 1. The Hall–Kier alpha value is -1.82. The van der Waals surface area contributed by atoms with Gasteiger partial charge in [0.05, 0.1) is 12.6 Å². The van der Waals surface area contributed by atoms with Crippen molar-refractivity contribution < 1.29 is 14.6 Å². The molecule has 4 rings (SSSR count). The number of hydrogen-bond acceptors (Lipinski definition) is 4. The molecule has 2 aromatic rings. The van der Waals surface area contributed by atoms with E-state index < -0.39 is 5.72 Å². The Bertz CT molecular complexity index is 877. The molecule has 2 heterocycles. The number of carbonyl (C=O) groups excluding carboxylic acids is 1. The van der Waals surface area contributed by atoms with E-state index in [1.165, 1.54) is 4.90 Å². The number of amides is 1. The van der Waals surface area contributed by atoms with Gasteiger partial charge >= 0.3 is 0 Å². The molecule has 0 aromatic heterocycles. The maximum atomic E-state index is 13.7. The summed E-state index contributed by atoms with van der Waals surface area (Å²) in [5.41, 5.74) is -0.0166. The topological polar surface area (TPSA) is 49.8 Å². The van der Waals surface area contributed by atoms with Gasteiger partial charge in [-0.2, -0.15) is 0 Å². The van der Waals surface area contributed by atoms with E-state index in [0.29, 0.717) is 0 Å². The molecule has 2 aliphatic rings. The monoisotopic (exact) mass is 439 g/mol. The van der Waals surface area contributed by atoms with Crippen molar-refractivity contribution in [3.05, 3.63) is 66.2 Å². The summed E-state index contributed by atoms with van der Waals surface area (Å²) in [7, 11) is 0. The standard InChI is InChI=1S/C26H33NO3S/c1-25(15-9-10-18-31-21-13-7-4-8-14-21)16-17-26(2)27(24(25)29)22(19-28)23(30-26)20-11-5-3-6-12-20/h3-8,11-14,22-23,28H,9-10,15-19H2,1-2H3/t22-,23-,25+,26+/m0/s1. The fraction of sp³-hybridized carbons (Fsp3) is 0.500. The van der Waals surface area contributed by atoms with Gasteiger partial charge in [0.1, 0.15) is 11.8 Å². The Morgan fingerprint density at radius 1 is 1.03 bits per heavy atom. The molecule has 2 aromatic carbocycles. The smallest absolute Gasteiger partial charge is 0.231 e. The van der Waals surface area contributed by atoms with E-state index in [1.807, 2.05) is 60.0 Å². The van der Waals surface area contributed by atoms with Crippen molar-refractivity contribution in [1.82, 2.24) is 4.90 Å². The number of rotatable bonds is 8. The minimum Gasteiger partial charge on any atom is -0.394 e. The SMILES string of the molecule is C[C@@]1(CCCCSc2ccccc2)CC[C@@]2(C)O[C@@H](c3ccccc3)[C@H](CO)N2C1=O. The van der Waals surface area contributed by atoms with E-state index >= 15 is 0 Å². The second-order valence-electron chi connectivity index (χ2n) is 9.23. The molecule has 0 unspecified atom stereocenters. The van der Waals surface area contributed by atoms with Crippen molar-refractivity contribution in [3.8, 4) is 0 Å². The number of benzene rings is 2. The summed E-state index contributed by atoms with van der Waals surface area (Å²) in [6, 6.07) is 20.1. The number of nitrogens with zero attached hydrogens (tertiary/aromatic N) is 1. The summed E-state index contributed by atoms with van der Waals surface area (Å²) in [6.45, 7) is 4.01. The van der Waals surface area contributed by atoms with Crippen LogP contribution in [0, 0.1) is 5.41 Å². The van der Waals surface area contributed by atoms with E-state index in [9.17, 15) is 9.90 Å². The zero-order chi connectivity index (χ0) is 21.9. The van der Waals surface area contributed by atoms with Crippen LogP contribution in [-0.2, 0) is 9.53 Å². The molecule has 0 aliphatic carbocycles. The highest BCUT2D eigenvalue weighted by atomic mass is 32.2. The fourth-order valence-electron chi connectivity index (χ4n) is 5.01. The van der Waals surface area contributed by atoms with Gasteiger partial charge in [0, 0.05) is 10.3 Å². The normalized spacial score (nSPS) is 30.4. The Labute approximate surface area is 190 Å². The van der Waals surface area contributed by atoms with E-state index in [0.717, 1.165) is 43.4 Å². The van der Waals surface area contributed by atoms with Crippen LogP contribution in [-0.4, -0.2) is 40.0 Å². The molecule has 0 radical (unpaired) electrons. The Morgan fingerprint density at radius 3 is 2.39 bits per heavy atom. The van der Waals surface area contributed by atoms with Crippen LogP contribution in [0.15, 0.2) is 65.6 Å². The molecule has 5 heteroatoms. The zero-order valence-electron chi connectivity index (χ0n) is 18.5. The van der Waals surface area contributed by atoms with E-state index in [4.69, 9.17) is 4.74 Å². The highest BCUT2D eigenvalue weighted by Crippen LogP contribution is 2.51. The molecule has 4 nitrogen and oxygen atoms in total. The molecule has 2 aliphatic heterocycles. The summed E-state index contributed by atoms with van der Waals surface area (Å²) in [6.07, 6.45) is 4.33. The molecule has 1 amide bonds. The summed E-state index contributed by atoms with van der Waals surface area (Å²) >= 11 is 1.88. The molecule has 31 heavy (non-hydrogen) atoms. The molecule has 2 saturated heterocycles. The van der Waals surface area contributed by atoms with Crippen LogP contribution < -0.4 is 0 Å². The minimum absolute atomic E-state index is 0.0926. The van der Waals surface area contributed by atoms with Crippen molar-refractivity contribution in [2.75, 3.05) is 12.4 Å². The molecule has 0 bridgehead atoms. The summed E-state index contributed by atoms with van der Waals surface area (Å²) in [4.78, 5) is 16.9. The number of aliphatic hydroxyl groups is 1. The first-order chi connectivity index (χ1) is 15.0. The first-order valence-electron chi connectivity index (χ1n) is 11.3. The summed E-state index contributed by atoms with van der Waals surface area (Å²) in [5.74, 6) is 1.20. The predicted octanol–water partition coefficient (Wildman–Crippen LogP) is 5.43. The third-order valence-corrected chi connectivity index (χ3v) is 8.00. The average molecular weight is 440 g/mol. The van der Waals surface area contributed by atoms with Gasteiger partial charge in [0.25, 0.3) is 0 Å². The van der Waals surface area contributed by atoms with Crippen LogP contribution in [0.5, 0.6) is 0 Å². The number of ether oxygens (including phenoxy) is 1. The second kappa shape index (κ2) is 9.35. The third kappa shape index (κ3) is 4.55. The van der Waals surface area contributed by atoms with Gasteiger partial charge in [-0.05, 0) is 56.1 Å².